The van der Waals surface area contributed by atoms with Crippen LogP contribution in [0, 0.1) is 0 Å². The average Bonchev–Trinajstić information content (AvgIpc) is 2.99. The van der Waals surface area contributed by atoms with Gasteiger partial charge in [0.25, 0.3) is 0 Å². The smallest absolute Gasteiger partial charge is 0.0207 e. The average molecular weight is 211 g/mol. The zero-order chi connectivity index (χ0) is 10.5. The highest BCUT2D eigenvalue weighted by Gasteiger charge is 2.33. The summed E-state index contributed by atoms with van der Waals surface area (Å²) in [7, 11) is 0. The van der Waals surface area contributed by atoms with E-state index in [0.29, 0.717) is 0 Å². The molecule has 15 heavy (non-hydrogen) atoms. The van der Waals surface area contributed by atoms with Gasteiger partial charge in [0.05, 0.1) is 0 Å². The van der Waals surface area contributed by atoms with Crippen LogP contribution in [0.3, 0.4) is 0 Å². The van der Waals surface area contributed by atoms with E-state index in [1.165, 1.54) is 58.2 Å². The van der Waals surface area contributed by atoms with Crippen LogP contribution in [0.4, 0.5) is 0 Å². The largest absolute Gasteiger partial charge is 0.330 e. The minimum absolute atomic E-state index is 0.767. The normalized spacial score (nSPS) is 27.4. The maximum atomic E-state index is 5.46. The van der Waals surface area contributed by atoms with E-state index in [1.807, 2.05) is 0 Å². The summed E-state index contributed by atoms with van der Waals surface area (Å²) in [5.74, 6) is 0. The van der Waals surface area contributed by atoms with Crippen molar-refractivity contribution in [3.8, 4) is 0 Å². The molecule has 2 aliphatic rings. The van der Waals surface area contributed by atoms with Gasteiger partial charge in [-0.2, -0.15) is 0 Å². The van der Waals surface area contributed by atoms with E-state index >= 15 is 0 Å². The summed E-state index contributed by atoms with van der Waals surface area (Å²) in [4.78, 5) is 2.66. The molecule has 0 amide bonds. The first-order chi connectivity index (χ1) is 7.40. The Balaban J connectivity index is 1.49. The van der Waals surface area contributed by atoms with E-state index < -0.39 is 0 Å². The van der Waals surface area contributed by atoms with Crippen LogP contribution in [0.5, 0.6) is 0 Å². The third kappa shape index (κ3) is 3.74. The van der Waals surface area contributed by atoms with Gasteiger partial charge in [-0.1, -0.05) is 6.42 Å². The Morgan fingerprint density at radius 1 is 1.13 bits per heavy atom. The van der Waals surface area contributed by atoms with Gasteiger partial charge in [0.2, 0.25) is 0 Å². The molecular weight excluding hydrogens is 186 g/mol. The van der Waals surface area contributed by atoms with Crippen molar-refractivity contribution in [1.82, 2.24) is 10.2 Å². The zero-order valence-electron chi connectivity index (χ0n) is 9.75. The maximum Gasteiger partial charge on any atom is 0.0207 e. The number of likely N-dealkylation sites (tertiary alicyclic amines) is 1. The highest BCUT2D eigenvalue weighted by atomic mass is 15.2. The third-order valence-electron chi connectivity index (χ3n) is 3.60. The second-order valence-electron chi connectivity index (χ2n) is 5.02. The molecule has 0 aromatic heterocycles. The van der Waals surface area contributed by atoms with Crippen LogP contribution >= 0.6 is 0 Å². The molecule has 2 rings (SSSR count). The Hall–Kier alpha value is -0.120. The Morgan fingerprint density at radius 2 is 2.00 bits per heavy atom. The molecule has 1 aliphatic carbocycles. The van der Waals surface area contributed by atoms with Gasteiger partial charge in [0, 0.05) is 25.2 Å². The summed E-state index contributed by atoms with van der Waals surface area (Å²) < 4.78 is 0. The number of rotatable bonds is 7. The molecular formula is C12H25N3. The standard InChI is InChI=1S/C12H25N3/c13-7-2-1-3-8-14-11-6-9-15(10-11)12-4-5-12/h11-12,14H,1-10,13H2. The van der Waals surface area contributed by atoms with E-state index in [4.69, 9.17) is 5.73 Å². The van der Waals surface area contributed by atoms with E-state index in [9.17, 15) is 0 Å². The summed E-state index contributed by atoms with van der Waals surface area (Å²) in [6.07, 6.45) is 8.00. The minimum Gasteiger partial charge on any atom is -0.330 e. The lowest BCUT2D eigenvalue weighted by atomic mass is 10.2. The Labute approximate surface area is 93.4 Å². The number of hydrogen-bond acceptors (Lipinski definition) is 3. The molecule has 2 fully saturated rings. The summed E-state index contributed by atoms with van der Waals surface area (Å²) in [5, 5.41) is 3.67. The third-order valence-corrected chi connectivity index (χ3v) is 3.60. The number of nitrogens with zero attached hydrogens (tertiary/aromatic N) is 1. The van der Waals surface area contributed by atoms with Crippen molar-refractivity contribution in [1.29, 1.82) is 0 Å². The monoisotopic (exact) mass is 211 g/mol. The molecule has 0 radical (unpaired) electrons. The summed E-state index contributed by atoms with van der Waals surface area (Å²) in [6, 6.07) is 1.72. The van der Waals surface area contributed by atoms with Gasteiger partial charge in [-0.25, -0.2) is 0 Å². The van der Waals surface area contributed by atoms with Crippen molar-refractivity contribution < 1.29 is 0 Å². The van der Waals surface area contributed by atoms with Crippen molar-refractivity contribution >= 4 is 0 Å². The molecule has 3 N–H and O–H groups in total. The molecule has 1 saturated heterocycles. The Morgan fingerprint density at radius 3 is 2.73 bits per heavy atom. The molecule has 0 aromatic rings. The van der Waals surface area contributed by atoms with Gasteiger partial charge in [0.15, 0.2) is 0 Å². The fourth-order valence-corrected chi connectivity index (χ4v) is 2.48. The van der Waals surface area contributed by atoms with Crippen molar-refractivity contribution in [3.05, 3.63) is 0 Å². The highest BCUT2D eigenvalue weighted by Crippen LogP contribution is 2.29. The van der Waals surface area contributed by atoms with Crippen LogP contribution < -0.4 is 11.1 Å². The van der Waals surface area contributed by atoms with Crippen LogP contribution in [-0.4, -0.2) is 43.2 Å². The van der Waals surface area contributed by atoms with Gasteiger partial charge in [-0.3, -0.25) is 4.90 Å². The zero-order valence-corrected chi connectivity index (χ0v) is 9.75. The molecule has 0 spiro atoms. The molecule has 1 heterocycles. The van der Waals surface area contributed by atoms with Gasteiger partial charge in [-0.15, -0.1) is 0 Å². The highest BCUT2D eigenvalue weighted by molar-refractivity contribution is 4.91. The second-order valence-corrected chi connectivity index (χ2v) is 5.02. The lowest BCUT2D eigenvalue weighted by Crippen LogP contribution is -2.33. The lowest BCUT2D eigenvalue weighted by Gasteiger charge is -2.15. The molecule has 0 bridgehead atoms. The summed E-state index contributed by atoms with van der Waals surface area (Å²) in [5.41, 5.74) is 5.46. The van der Waals surface area contributed by atoms with Crippen LogP contribution in [0.25, 0.3) is 0 Å². The van der Waals surface area contributed by atoms with Crippen LogP contribution in [-0.2, 0) is 0 Å². The SMILES string of the molecule is NCCCCCNC1CCN(C2CC2)C1. The van der Waals surface area contributed by atoms with Crippen molar-refractivity contribution in [2.24, 2.45) is 5.73 Å². The quantitative estimate of drug-likeness (QED) is 0.616. The van der Waals surface area contributed by atoms with E-state index in [-0.39, 0.29) is 0 Å². The van der Waals surface area contributed by atoms with E-state index in [2.05, 4.69) is 10.2 Å². The fraction of sp³-hybridized carbons (Fsp3) is 1.00. The van der Waals surface area contributed by atoms with Crippen LogP contribution in [0.2, 0.25) is 0 Å². The molecule has 1 atom stereocenters. The molecule has 3 heteroatoms. The molecule has 1 saturated carbocycles. The topological polar surface area (TPSA) is 41.3 Å². The summed E-state index contributed by atoms with van der Waals surface area (Å²) >= 11 is 0. The minimum atomic E-state index is 0.767. The Bertz CT molecular complexity index is 180. The molecule has 1 unspecified atom stereocenters. The van der Waals surface area contributed by atoms with Crippen LogP contribution in [0.15, 0.2) is 0 Å². The maximum absolute atomic E-state index is 5.46. The second kappa shape index (κ2) is 5.83. The number of nitrogens with two attached hydrogens (primary N) is 1. The first kappa shape index (κ1) is 11.4. The van der Waals surface area contributed by atoms with Gasteiger partial charge in [0.1, 0.15) is 0 Å². The predicted molar refractivity (Wildman–Crippen MR) is 63.9 cm³/mol. The van der Waals surface area contributed by atoms with E-state index in [0.717, 1.165) is 18.6 Å². The van der Waals surface area contributed by atoms with E-state index in [1.54, 1.807) is 0 Å². The Kier molecular flexibility index (Phi) is 4.42. The molecule has 88 valence electrons. The number of unbranched alkanes of at least 4 members (excludes halogenated alkanes) is 2. The van der Waals surface area contributed by atoms with Crippen LogP contribution in [0.1, 0.15) is 38.5 Å². The molecule has 1 aliphatic heterocycles. The predicted octanol–water partition coefficient (Wildman–Crippen LogP) is 0.942. The van der Waals surface area contributed by atoms with Gasteiger partial charge < -0.3 is 11.1 Å². The van der Waals surface area contributed by atoms with Crippen molar-refractivity contribution in [2.75, 3.05) is 26.2 Å². The van der Waals surface area contributed by atoms with Gasteiger partial charge >= 0.3 is 0 Å². The number of hydrogen-bond donors (Lipinski definition) is 2. The number of nitrogens with one attached hydrogen (secondary N) is 1. The fourth-order valence-electron chi connectivity index (χ4n) is 2.48. The van der Waals surface area contributed by atoms with Crippen molar-refractivity contribution in [2.45, 2.75) is 50.6 Å². The van der Waals surface area contributed by atoms with Gasteiger partial charge in [-0.05, 0) is 45.2 Å². The van der Waals surface area contributed by atoms with Crippen molar-refractivity contribution in [3.63, 3.8) is 0 Å². The molecule has 3 nitrogen and oxygen atoms in total. The lowest BCUT2D eigenvalue weighted by molar-refractivity contribution is 0.317. The summed E-state index contributed by atoms with van der Waals surface area (Å²) in [6.45, 7) is 4.65. The first-order valence-electron chi connectivity index (χ1n) is 6.57. The first-order valence-corrected chi connectivity index (χ1v) is 6.57. The molecule has 0 aromatic carbocycles.